The lowest BCUT2D eigenvalue weighted by atomic mass is 9.97. The molecule has 2 aromatic heterocycles. The lowest BCUT2D eigenvalue weighted by molar-refractivity contribution is -0.120. The number of nitrogens with one attached hydrogen (secondary N) is 1. The number of aromatic nitrogens is 3. The van der Waals surface area contributed by atoms with Gasteiger partial charge in [0.2, 0.25) is 21.1 Å². The maximum atomic E-state index is 13.9. The lowest BCUT2D eigenvalue weighted by Gasteiger charge is -2.30. The molecule has 0 unspecified atom stereocenters. The number of rotatable bonds is 8. The summed E-state index contributed by atoms with van der Waals surface area (Å²) in [7, 11) is -3.93. The molecule has 4 rings (SSSR count). The van der Waals surface area contributed by atoms with Crippen molar-refractivity contribution in [2.45, 2.75) is 35.9 Å². The molecule has 0 spiro atoms. The van der Waals surface area contributed by atoms with E-state index in [1.807, 2.05) is 6.92 Å². The van der Waals surface area contributed by atoms with E-state index in [2.05, 4.69) is 20.7 Å². The molecule has 3 aromatic rings. The first-order valence-electron chi connectivity index (χ1n) is 11.0. The van der Waals surface area contributed by atoms with Crippen LogP contribution in [0.3, 0.4) is 0 Å². The van der Waals surface area contributed by atoms with Crippen LogP contribution in [0.5, 0.6) is 0 Å². The van der Waals surface area contributed by atoms with E-state index in [1.54, 1.807) is 36.9 Å². The van der Waals surface area contributed by atoms with Crippen molar-refractivity contribution in [3.63, 3.8) is 0 Å². The Hall–Kier alpha value is -2.61. The fourth-order valence-corrected chi connectivity index (χ4v) is 7.08. The number of piperidine rings is 1. The number of anilines is 1. The number of aryl methyl sites for hydroxylation is 1. The molecule has 1 aromatic carbocycles. The summed E-state index contributed by atoms with van der Waals surface area (Å²) < 4.78 is 48.1. The van der Waals surface area contributed by atoms with Crippen molar-refractivity contribution < 1.29 is 22.1 Å². The van der Waals surface area contributed by atoms with E-state index in [0.717, 1.165) is 10.1 Å². The highest BCUT2D eigenvalue weighted by atomic mass is 32.2. The van der Waals surface area contributed by atoms with E-state index < -0.39 is 15.8 Å². The molecule has 9 nitrogen and oxygen atoms in total. The van der Waals surface area contributed by atoms with Gasteiger partial charge in [-0.2, -0.15) is 4.31 Å². The number of hydrogen-bond acceptors (Lipinski definition) is 9. The summed E-state index contributed by atoms with van der Waals surface area (Å²) >= 11 is 2.86. The molecule has 0 bridgehead atoms. The van der Waals surface area contributed by atoms with E-state index in [1.165, 1.54) is 33.9 Å². The molecule has 1 fully saturated rings. The lowest BCUT2D eigenvalue weighted by Crippen LogP contribution is -2.41. The van der Waals surface area contributed by atoms with E-state index >= 15 is 0 Å². The van der Waals surface area contributed by atoms with Gasteiger partial charge in [0.05, 0.1) is 0 Å². The van der Waals surface area contributed by atoms with Gasteiger partial charge in [-0.1, -0.05) is 53.4 Å². The zero-order chi connectivity index (χ0) is 25.0. The Morgan fingerprint density at radius 1 is 1.29 bits per heavy atom. The van der Waals surface area contributed by atoms with Crippen molar-refractivity contribution in [3.8, 4) is 0 Å². The fraction of sp³-hybridized carbons (Fsp3) is 0.364. The Morgan fingerprint density at radius 3 is 2.74 bits per heavy atom. The van der Waals surface area contributed by atoms with Crippen molar-refractivity contribution in [2.75, 3.05) is 24.2 Å². The van der Waals surface area contributed by atoms with Gasteiger partial charge >= 0.3 is 0 Å². The van der Waals surface area contributed by atoms with Crippen molar-refractivity contribution in [1.29, 1.82) is 0 Å². The number of hydrogen-bond donors (Lipinski definition) is 1. The first-order chi connectivity index (χ1) is 16.8. The minimum atomic E-state index is -3.93. The highest BCUT2D eigenvalue weighted by Crippen LogP contribution is 2.30. The van der Waals surface area contributed by atoms with Gasteiger partial charge < -0.3 is 9.84 Å². The monoisotopic (exact) mass is 537 g/mol. The average molecular weight is 538 g/mol. The Bertz CT molecular complexity index is 1330. The highest BCUT2D eigenvalue weighted by Gasteiger charge is 2.36. The number of benzene rings is 1. The van der Waals surface area contributed by atoms with E-state index in [0.29, 0.717) is 23.5 Å². The number of halogens is 1. The van der Waals surface area contributed by atoms with Gasteiger partial charge in [0.15, 0.2) is 15.0 Å². The molecular formula is C22H24FN5O4S3. The molecule has 3 heterocycles. The molecule has 0 atom stereocenters. The SMILES string of the molecule is CCSc1nnc(NC(=O)C2CCN(S(=O)(=O)c3c(C)noc3/C=C/c3ccccc3F)CC2)s1. The Labute approximate surface area is 210 Å². The number of carbonyl (C=O) groups excluding carboxylic acids is 1. The molecular weight excluding hydrogens is 513 g/mol. The van der Waals surface area contributed by atoms with Crippen LogP contribution in [-0.2, 0) is 14.8 Å². The molecule has 13 heteroatoms. The van der Waals surface area contributed by atoms with Gasteiger partial charge in [-0.15, -0.1) is 10.2 Å². The van der Waals surface area contributed by atoms with Crippen LogP contribution in [0.1, 0.15) is 36.8 Å². The van der Waals surface area contributed by atoms with Crippen molar-refractivity contribution in [2.24, 2.45) is 5.92 Å². The maximum absolute atomic E-state index is 13.9. The number of sulfonamides is 1. The van der Waals surface area contributed by atoms with Gasteiger partial charge in [-0.25, -0.2) is 12.8 Å². The van der Waals surface area contributed by atoms with E-state index in [4.69, 9.17) is 4.52 Å². The van der Waals surface area contributed by atoms with Crippen LogP contribution < -0.4 is 5.32 Å². The average Bonchev–Trinajstić information content (AvgIpc) is 3.45. The van der Waals surface area contributed by atoms with Crippen molar-refractivity contribution >= 4 is 56.3 Å². The third kappa shape index (κ3) is 5.80. The summed E-state index contributed by atoms with van der Waals surface area (Å²) in [5.74, 6) is -0.0688. The van der Waals surface area contributed by atoms with E-state index in [-0.39, 0.29) is 41.3 Å². The van der Waals surface area contributed by atoms with Gasteiger partial charge in [0.25, 0.3) is 0 Å². The van der Waals surface area contributed by atoms with Crippen LogP contribution >= 0.6 is 23.1 Å². The zero-order valence-electron chi connectivity index (χ0n) is 19.1. The minimum absolute atomic E-state index is 0.0302. The number of thioether (sulfide) groups is 1. The summed E-state index contributed by atoms with van der Waals surface area (Å²) in [6.07, 6.45) is 3.58. The van der Waals surface area contributed by atoms with Gasteiger partial charge in [0.1, 0.15) is 11.5 Å². The summed E-state index contributed by atoms with van der Waals surface area (Å²) in [6, 6.07) is 6.14. The largest absolute Gasteiger partial charge is 0.355 e. The van der Waals surface area contributed by atoms with Crippen LogP contribution in [0.25, 0.3) is 12.2 Å². The summed E-state index contributed by atoms with van der Waals surface area (Å²) in [5, 5.41) is 15.0. The summed E-state index contributed by atoms with van der Waals surface area (Å²) in [6.45, 7) is 3.91. The molecule has 1 N–H and O–H groups in total. The molecule has 1 amide bonds. The smallest absolute Gasteiger partial charge is 0.248 e. The van der Waals surface area contributed by atoms with Gasteiger partial charge in [-0.05, 0) is 43.7 Å². The quantitative estimate of drug-likeness (QED) is 0.334. The fourth-order valence-electron chi connectivity index (χ4n) is 3.71. The second-order valence-corrected chi connectivity index (χ2v) is 12.2. The third-order valence-corrected chi connectivity index (χ3v) is 9.39. The number of carbonyl (C=O) groups is 1. The van der Waals surface area contributed by atoms with Crippen molar-refractivity contribution in [1.82, 2.24) is 19.7 Å². The predicted octanol–water partition coefficient (Wildman–Crippen LogP) is 4.30. The first kappa shape index (κ1) is 25.5. The molecule has 186 valence electrons. The third-order valence-electron chi connectivity index (χ3n) is 5.48. The molecule has 1 aliphatic rings. The summed E-state index contributed by atoms with van der Waals surface area (Å²) in [4.78, 5) is 12.6. The second-order valence-electron chi connectivity index (χ2n) is 7.79. The molecule has 0 saturated carbocycles. The zero-order valence-corrected chi connectivity index (χ0v) is 21.6. The van der Waals surface area contributed by atoms with Crippen LogP contribution in [0, 0.1) is 18.7 Å². The maximum Gasteiger partial charge on any atom is 0.248 e. The topological polar surface area (TPSA) is 118 Å². The highest BCUT2D eigenvalue weighted by molar-refractivity contribution is 8.01. The van der Waals surface area contributed by atoms with Gasteiger partial charge in [0, 0.05) is 24.6 Å². The number of nitrogens with zero attached hydrogens (tertiary/aromatic N) is 4. The van der Waals surface area contributed by atoms with Crippen LogP contribution in [-0.4, -0.2) is 52.8 Å². The number of amides is 1. The molecule has 35 heavy (non-hydrogen) atoms. The molecule has 0 aliphatic carbocycles. The Kier molecular flexibility index (Phi) is 7.99. The van der Waals surface area contributed by atoms with E-state index in [9.17, 15) is 17.6 Å². The molecule has 0 radical (unpaired) electrons. The predicted molar refractivity (Wildman–Crippen MR) is 133 cm³/mol. The van der Waals surface area contributed by atoms with Crippen LogP contribution in [0.4, 0.5) is 9.52 Å². The molecule has 1 saturated heterocycles. The minimum Gasteiger partial charge on any atom is -0.355 e. The summed E-state index contributed by atoms with van der Waals surface area (Å²) in [5.41, 5.74) is 0.516. The Balaban J connectivity index is 1.43. The normalized spacial score (nSPS) is 15.6. The Morgan fingerprint density at radius 2 is 2.03 bits per heavy atom. The second kappa shape index (κ2) is 11.0. The van der Waals surface area contributed by atoms with Gasteiger partial charge in [-0.3, -0.25) is 4.79 Å². The first-order valence-corrected chi connectivity index (χ1v) is 14.2. The standard InChI is InChI=1S/C22H24FN5O4S3/c1-3-33-22-26-25-21(34-22)24-20(29)16-10-12-28(13-11-16)35(30,31)19-14(2)27-32-18(19)9-8-15-6-4-5-7-17(15)23/h4-9,16H,3,10-13H2,1-2H3,(H,24,25,29)/b9-8+. The van der Waals surface area contributed by atoms with Crippen molar-refractivity contribution in [3.05, 3.63) is 47.1 Å². The molecule has 1 aliphatic heterocycles. The van der Waals surface area contributed by atoms with Crippen LogP contribution in [0.15, 0.2) is 38.0 Å². The van der Waals surface area contributed by atoms with Crippen LogP contribution in [0.2, 0.25) is 0 Å².